The molecule has 0 aliphatic carbocycles. The van der Waals surface area contributed by atoms with Gasteiger partial charge in [-0.1, -0.05) is 0 Å². The van der Waals surface area contributed by atoms with Crippen LogP contribution in [0.5, 0.6) is 0 Å². The van der Waals surface area contributed by atoms with Crippen LogP contribution in [-0.2, 0) is 11.2 Å². The van der Waals surface area contributed by atoms with Gasteiger partial charge in [0.25, 0.3) is 0 Å². The Kier molecular flexibility index (Phi) is 2.22. The summed E-state index contributed by atoms with van der Waals surface area (Å²) in [7, 11) is 0. The fraction of sp³-hybridized carbons (Fsp3) is 0.0909. The van der Waals surface area contributed by atoms with Crippen molar-refractivity contribution in [1.82, 2.24) is 9.38 Å². The lowest BCUT2D eigenvalue weighted by molar-refractivity contribution is -0.136. The second-order valence-corrected chi connectivity index (χ2v) is 4.39. The molecule has 5 nitrogen and oxygen atoms in total. The number of carboxylic acids is 1. The zero-order valence-corrected chi connectivity index (χ0v) is 9.48. The summed E-state index contributed by atoms with van der Waals surface area (Å²) < 4.78 is 7.17. The molecular formula is C11H8N2O3S. The highest BCUT2D eigenvalue weighted by atomic mass is 32.1. The zero-order chi connectivity index (χ0) is 11.8. The molecular weight excluding hydrogens is 240 g/mol. The maximum Gasteiger partial charge on any atom is 0.309 e. The lowest BCUT2D eigenvalue weighted by atomic mass is 10.3. The third kappa shape index (κ3) is 1.72. The molecule has 0 fully saturated rings. The highest BCUT2D eigenvalue weighted by molar-refractivity contribution is 7.15. The van der Waals surface area contributed by atoms with E-state index in [9.17, 15) is 4.79 Å². The number of thiazole rings is 1. The lowest BCUT2D eigenvalue weighted by Crippen LogP contribution is -1.99. The van der Waals surface area contributed by atoms with Crippen molar-refractivity contribution in [2.45, 2.75) is 6.42 Å². The fourth-order valence-electron chi connectivity index (χ4n) is 1.67. The molecule has 0 aromatic carbocycles. The smallest absolute Gasteiger partial charge is 0.309 e. The van der Waals surface area contributed by atoms with Crippen molar-refractivity contribution in [3.05, 3.63) is 35.7 Å². The van der Waals surface area contributed by atoms with E-state index in [4.69, 9.17) is 9.52 Å². The molecule has 86 valence electrons. The van der Waals surface area contributed by atoms with Crippen LogP contribution in [-0.4, -0.2) is 20.5 Å². The van der Waals surface area contributed by atoms with Gasteiger partial charge in [-0.3, -0.25) is 9.20 Å². The molecule has 3 aromatic rings. The number of carbonyl (C=O) groups is 1. The van der Waals surface area contributed by atoms with Crippen LogP contribution in [0.4, 0.5) is 0 Å². The molecule has 0 aliphatic heterocycles. The number of carboxylic acid groups (broad SMARTS) is 1. The first-order chi connectivity index (χ1) is 8.24. The number of hydrogen-bond donors (Lipinski definition) is 1. The third-order valence-corrected chi connectivity index (χ3v) is 3.20. The van der Waals surface area contributed by atoms with Crippen LogP contribution < -0.4 is 0 Å². The number of aromatic nitrogens is 2. The number of nitrogens with zero attached hydrogens (tertiary/aromatic N) is 2. The molecule has 0 aliphatic rings. The van der Waals surface area contributed by atoms with Gasteiger partial charge in [0.1, 0.15) is 5.69 Å². The number of rotatable bonds is 3. The minimum atomic E-state index is -0.879. The predicted molar refractivity (Wildman–Crippen MR) is 62.1 cm³/mol. The number of furan rings is 1. The molecule has 17 heavy (non-hydrogen) atoms. The predicted octanol–water partition coefficient (Wildman–Crippen LogP) is 2.28. The molecule has 0 bridgehead atoms. The van der Waals surface area contributed by atoms with E-state index in [1.165, 1.54) is 11.3 Å². The maximum absolute atomic E-state index is 10.6. The van der Waals surface area contributed by atoms with Gasteiger partial charge in [0.2, 0.25) is 0 Å². The van der Waals surface area contributed by atoms with Crippen molar-refractivity contribution < 1.29 is 14.3 Å². The van der Waals surface area contributed by atoms with Crippen molar-refractivity contribution in [3.63, 3.8) is 0 Å². The number of fused-ring (bicyclic) bond motifs is 1. The van der Waals surface area contributed by atoms with Gasteiger partial charge >= 0.3 is 5.97 Å². The summed E-state index contributed by atoms with van der Waals surface area (Å²) in [6.45, 7) is 0. The van der Waals surface area contributed by atoms with E-state index in [-0.39, 0.29) is 6.42 Å². The minimum Gasteiger partial charge on any atom is -0.481 e. The largest absolute Gasteiger partial charge is 0.481 e. The zero-order valence-electron chi connectivity index (χ0n) is 8.66. The quantitative estimate of drug-likeness (QED) is 0.772. The topological polar surface area (TPSA) is 67.7 Å². The van der Waals surface area contributed by atoms with E-state index in [0.29, 0.717) is 5.69 Å². The van der Waals surface area contributed by atoms with Gasteiger partial charge in [0.15, 0.2) is 10.7 Å². The second-order valence-electron chi connectivity index (χ2n) is 3.55. The molecule has 1 N–H and O–H groups in total. The summed E-state index contributed by atoms with van der Waals surface area (Å²) in [6.07, 6.45) is 3.28. The Morgan fingerprint density at radius 3 is 3.18 bits per heavy atom. The van der Waals surface area contributed by atoms with Crippen LogP contribution in [0.2, 0.25) is 0 Å². The lowest BCUT2D eigenvalue weighted by Gasteiger charge is -1.92. The van der Waals surface area contributed by atoms with Crippen LogP contribution in [0.1, 0.15) is 5.69 Å². The van der Waals surface area contributed by atoms with Crippen LogP contribution in [0.3, 0.4) is 0 Å². The number of imidazole rings is 1. The highest BCUT2D eigenvalue weighted by Gasteiger charge is 2.12. The van der Waals surface area contributed by atoms with E-state index in [1.807, 2.05) is 21.9 Å². The third-order valence-electron chi connectivity index (χ3n) is 2.36. The first kappa shape index (κ1) is 10.1. The molecule has 0 saturated carbocycles. The molecule has 0 unspecified atom stereocenters. The average molecular weight is 248 g/mol. The van der Waals surface area contributed by atoms with Crippen LogP contribution in [0.25, 0.3) is 16.4 Å². The first-order valence-corrected chi connectivity index (χ1v) is 5.83. The van der Waals surface area contributed by atoms with Gasteiger partial charge in [-0.15, -0.1) is 11.3 Å². The molecule has 0 atom stereocenters. The Morgan fingerprint density at radius 1 is 1.59 bits per heavy atom. The summed E-state index contributed by atoms with van der Waals surface area (Å²) in [6, 6.07) is 3.67. The Morgan fingerprint density at radius 2 is 2.47 bits per heavy atom. The van der Waals surface area contributed by atoms with Gasteiger partial charge in [-0.25, -0.2) is 4.98 Å². The Labute approximate surface area is 99.9 Å². The van der Waals surface area contributed by atoms with Gasteiger partial charge in [-0.05, 0) is 12.1 Å². The second kappa shape index (κ2) is 3.74. The molecule has 0 amide bonds. The summed E-state index contributed by atoms with van der Waals surface area (Å²) in [5.74, 6) is -0.133. The Hall–Kier alpha value is -2.08. The Bertz CT molecular complexity index is 666. The fourth-order valence-corrected chi connectivity index (χ4v) is 2.55. The SMILES string of the molecule is O=C(O)Cc1cn2c(-c3ccco3)csc2n1. The average Bonchev–Trinajstić information content (AvgIpc) is 2.89. The van der Waals surface area contributed by atoms with Crippen LogP contribution >= 0.6 is 11.3 Å². The van der Waals surface area contributed by atoms with Gasteiger partial charge in [-0.2, -0.15) is 0 Å². The highest BCUT2D eigenvalue weighted by Crippen LogP contribution is 2.26. The van der Waals surface area contributed by atoms with Crippen molar-refractivity contribution in [2.75, 3.05) is 0 Å². The molecule has 0 spiro atoms. The van der Waals surface area contributed by atoms with E-state index >= 15 is 0 Å². The monoisotopic (exact) mass is 248 g/mol. The maximum atomic E-state index is 10.6. The van der Waals surface area contributed by atoms with E-state index in [2.05, 4.69) is 4.98 Å². The van der Waals surface area contributed by atoms with E-state index < -0.39 is 5.97 Å². The Balaban J connectivity index is 2.09. The van der Waals surface area contributed by atoms with Crippen molar-refractivity contribution >= 4 is 22.3 Å². The number of hydrogen-bond acceptors (Lipinski definition) is 4. The van der Waals surface area contributed by atoms with E-state index in [0.717, 1.165) is 16.4 Å². The molecule has 6 heteroatoms. The summed E-state index contributed by atoms with van der Waals surface area (Å²) in [5.41, 5.74) is 1.44. The van der Waals surface area contributed by atoms with Crippen molar-refractivity contribution in [2.24, 2.45) is 0 Å². The molecule has 0 radical (unpaired) electrons. The normalized spacial score (nSPS) is 11.1. The summed E-state index contributed by atoms with van der Waals surface area (Å²) in [5, 5.41) is 10.7. The van der Waals surface area contributed by atoms with Gasteiger partial charge in [0, 0.05) is 11.6 Å². The van der Waals surface area contributed by atoms with Crippen molar-refractivity contribution in [1.29, 1.82) is 0 Å². The van der Waals surface area contributed by atoms with E-state index in [1.54, 1.807) is 12.5 Å². The van der Waals surface area contributed by atoms with Crippen LogP contribution in [0.15, 0.2) is 34.4 Å². The first-order valence-electron chi connectivity index (χ1n) is 4.95. The minimum absolute atomic E-state index is 0.0635. The molecule has 3 aromatic heterocycles. The summed E-state index contributed by atoms with van der Waals surface area (Å²) >= 11 is 1.46. The standard InChI is InChI=1S/C11H8N2O3S/c14-10(15)4-7-5-13-8(6-17-11(13)12-7)9-2-1-3-16-9/h1-3,5-6H,4H2,(H,14,15). The van der Waals surface area contributed by atoms with Gasteiger partial charge in [0.05, 0.1) is 18.4 Å². The summed E-state index contributed by atoms with van der Waals surface area (Å²) in [4.78, 5) is 15.6. The van der Waals surface area contributed by atoms with Crippen LogP contribution in [0, 0.1) is 0 Å². The molecule has 3 heterocycles. The van der Waals surface area contributed by atoms with Gasteiger partial charge < -0.3 is 9.52 Å². The molecule has 0 saturated heterocycles. The van der Waals surface area contributed by atoms with Crippen molar-refractivity contribution in [3.8, 4) is 11.5 Å². The molecule has 3 rings (SSSR count). The number of aliphatic carboxylic acids is 1.